The Bertz CT molecular complexity index is 1630. The first-order valence-corrected chi connectivity index (χ1v) is 10.9. The molecule has 0 atom stereocenters. The zero-order valence-electron chi connectivity index (χ0n) is 17.1. The molecule has 0 aliphatic carbocycles. The number of hydrogen-bond acceptors (Lipinski definition) is 0. The Morgan fingerprint density at radius 3 is 1.38 bits per heavy atom. The smallest absolute Gasteiger partial charge is 0.332 e. The third-order valence-electron chi connectivity index (χ3n) is 6.21. The molecule has 0 saturated carbocycles. The Morgan fingerprint density at radius 1 is 0.531 bits per heavy atom. The molecule has 0 N–H and O–H groups in total. The van der Waals surface area contributed by atoms with Gasteiger partial charge in [0.15, 0.2) is 0 Å². The maximum absolute atomic E-state index is 10.5. The van der Waals surface area contributed by atoms with Crippen LogP contribution in [0.5, 0.6) is 0 Å². The molecule has 0 bridgehead atoms. The normalized spacial score (nSPS) is 11.3. The third-order valence-corrected chi connectivity index (χ3v) is 6.62. The Labute approximate surface area is 189 Å². The van der Waals surface area contributed by atoms with Crippen LogP contribution in [0.25, 0.3) is 48.6 Å². The first-order valence-electron chi connectivity index (χ1n) is 10.5. The first kappa shape index (κ1) is 18.8. The number of hydrogen-bond donors (Lipinski definition) is 0. The SMILES string of the molecule is [N-]=[N+]=C(c1c2ccccc2cc2ccccc12)c1c2ccccc2c(Cl)c2ccccc12. The van der Waals surface area contributed by atoms with Gasteiger partial charge in [0, 0.05) is 10.8 Å². The van der Waals surface area contributed by atoms with Crippen LogP contribution < -0.4 is 0 Å². The van der Waals surface area contributed by atoms with Crippen molar-refractivity contribution in [2.24, 2.45) is 0 Å². The van der Waals surface area contributed by atoms with E-state index in [0.29, 0.717) is 10.7 Å². The van der Waals surface area contributed by atoms with Gasteiger partial charge in [-0.1, -0.05) is 109 Å². The van der Waals surface area contributed by atoms with Crippen LogP contribution in [0.2, 0.25) is 5.02 Å². The number of benzene rings is 6. The second-order valence-corrected chi connectivity index (χ2v) is 8.30. The van der Waals surface area contributed by atoms with Crippen LogP contribution in [0.4, 0.5) is 0 Å². The quantitative estimate of drug-likeness (QED) is 0.116. The molecular weight excluding hydrogens is 412 g/mol. The molecule has 0 aliphatic heterocycles. The van der Waals surface area contributed by atoms with Crippen molar-refractivity contribution in [3.05, 3.63) is 125 Å². The minimum absolute atomic E-state index is 0.544. The van der Waals surface area contributed by atoms with Crippen molar-refractivity contribution < 1.29 is 4.79 Å². The van der Waals surface area contributed by atoms with E-state index in [-0.39, 0.29) is 0 Å². The molecule has 0 spiro atoms. The van der Waals surface area contributed by atoms with Gasteiger partial charge in [0.1, 0.15) is 0 Å². The maximum Gasteiger partial charge on any atom is 0.332 e. The molecule has 32 heavy (non-hydrogen) atoms. The van der Waals surface area contributed by atoms with Gasteiger partial charge in [-0.05, 0) is 38.4 Å². The lowest BCUT2D eigenvalue weighted by Gasteiger charge is -2.14. The molecule has 0 aliphatic rings. The summed E-state index contributed by atoms with van der Waals surface area (Å²) in [6, 6.07) is 34.7. The fourth-order valence-electron chi connectivity index (χ4n) is 4.82. The fourth-order valence-corrected chi connectivity index (χ4v) is 5.15. The molecule has 0 unspecified atom stereocenters. The summed E-state index contributed by atoms with van der Waals surface area (Å²) in [5, 5.41) is 8.79. The lowest BCUT2D eigenvalue weighted by atomic mass is 9.86. The number of nitrogens with zero attached hydrogens (tertiary/aromatic N) is 2. The highest BCUT2D eigenvalue weighted by Gasteiger charge is 2.27. The highest BCUT2D eigenvalue weighted by molar-refractivity contribution is 6.43. The van der Waals surface area contributed by atoms with E-state index in [9.17, 15) is 5.53 Å². The molecule has 3 heteroatoms. The van der Waals surface area contributed by atoms with E-state index in [4.69, 9.17) is 11.6 Å². The van der Waals surface area contributed by atoms with Crippen molar-refractivity contribution in [3.8, 4) is 0 Å². The summed E-state index contributed by atoms with van der Waals surface area (Å²) in [7, 11) is 0. The minimum atomic E-state index is 0.544. The van der Waals surface area contributed by atoms with Crippen LogP contribution in [-0.2, 0) is 0 Å². The van der Waals surface area contributed by atoms with E-state index in [2.05, 4.69) is 35.1 Å². The molecular formula is C29H17ClN2. The monoisotopic (exact) mass is 428 g/mol. The average molecular weight is 429 g/mol. The van der Waals surface area contributed by atoms with Crippen molar-refractivity contribution in [2.45, 2.75) is 0 Å². The minimum Gasteiger partial charge on any atom is -0.361 e. The van der Waals surface area contributed by atoms with Crippen molar-refractivity contribution in [3.63, 3.8) is 0 Å². The predicted octanol–water partition coefficient (Wildman–Crippen LogP) is 8.02. The number of rotatable bonds is 2. The number of halogens is 1. The Morgan fingerprint density at radius 2 is 0.906 bits per heavy atom. The summed E-state index contributed by atoms with van der Waals surface area (Å²) in [5.74, 6) is 0. The third kappa shape index (κ3) is 2.68. The summed E-state index contributed by atoms with van der Waals surface area (Å²) in [6.45, 7) is 0. The highest BCUT2D eigenvalue weighted by Crippen LogP contribution is 2.39. The van der Waals surface area contributed by atoms with E-state index in [0.717, 1.165) is 54.2 Å². The molecule has 6 rings (SSSR count). The zero-order chi connectivity index (χ0) is 21.7. The molecule has 0 aromatic heterocycles. The molecule has 0 amide bonds. The second-order valence-electron chi connectivity index (χ2n) is 7.92. The van der Waals surface area contributed by atoms with Crippen LogP contribution in [0.1, 0.15) is 11.1 Å². The van der Waals surface area contributed by atoms with E-state index in [1.807, 2.05) is 72.8 Å². The van der Waals surface area contributed by atoms with Crippen LogP contribution in [0.3, 0.4) is 0 Å². The van der Waals surface area contributed by atoms with E-state index in [1.165, 1.54) is 0 Å². The van der Waals surface area contributed by atoms with Crippen LogP contribution >= 0.6 is 11.6 Å². The Balaban J connectivity index is 1.86. The van der Waals surface area contributed by atoms with E-state index in [1.54, 1.807) is 0 Å². The topological polar surface area (TPSA) is 36.4 Å². The average Bonchev–Trinajstić information content (AvgIpc) is 2.85. The first-order chi connectivity index (χ1) is 15.8. The molecule has 6 aromatic rings. The van der Waals surface area contributed by atoms with Gasteiger partial charge in [-0.2, -0.15) is 4.79 Å². The summed E-state index contributed by atoms with van der Waals surface area (Å²) in [5.41, 5.74) is 12.8. The molecule has 6 aromatic carbocycles. The van der Waals surface area contributed by atoms with Gasteiger partial charge in [0.25, 0.3) is 0 Å². The van der Waals surface area contributed by atoms with E-state index < -0.39 is 0 Å². The van der Waals surface area contributed by atoms with Crippen molar-refractivity contribution >= 4 is 60.4 Å². The molecule has 0 fully saturated rings. The van der Waals surface area contributed by atoms with Gasteiger partial charge in [0.05, 0.1) is 16.1 Å². The summed E-state index contributed by atoms with van der Waals surface area (Å²) in [6.07, 6.45) is 0. The molecule has 0 radical (unpaired) electrons. The predicted molar refractivity (Wildman–Crippen MR) is 135 cm³/mol. The summed E-state index contributed by atoms with van der Waals surface area (Å²) < 4.78 is 0. The van der Waals surface area contributed by atoms with Gasteiger partial charge in [0.2, 0.25) is 0 Å². The summed E-state index contributed by atoms with van der Waals surface area (Å²) >= 11 is 6.83. The fraction of sp³-hybridized carbons (Fsp3) is 0. The molecule has 2 nitrogen and oxygen atoms in total. The standard InChI is InChI=1S/C29H17ClN2/c30-28-24-15-7-5-13-22(24)27(23-14-6-8-16-25(23)28)29(32-31)26-20-11-3-1-9-18(20)17-19-10-2-4-12-21(19)26/h1-17H. The van der Waals surface area contributed by atoms with Crippen LogP contribution in [0, 0.1) is 0 Å². The maximum atomic E-state index is 10.5. The van der Waals surface area contributed by atoms with Crippen LogP contribution in [-0.4, -0.2) is 10.5 Å². The lowest BCUT2D eigenvalue weighted by Crippen LogP contribution is -2.09. The van der Waals surface area contributed by atoms with Gasteiger partial charge < -0.3 is 5.53 Å². The molecule has 0 heterocycles. The van der Waals surface area contributed by atoms with Crippen molar-refractivity contribution in [1.29, 1.82) is 0 Å². The van der Waals surface area contributed by atoms with Gasteiger partial charge in [-0.15, -0.1) is 0 Å². The largest absolute Gasteiger partial charge is 0.361 e. The van der Waals surface area contributed by atoms with Gasteiger partial charge in [-0.25, -0.2) is 0 Å². The zero-order valence-corrected chi connectivity index (χ0v) is 17.8. The molecule has 150 valence electrons. The van der Waals surface area contributed by atoms with Crippen molar-refractivity contribution in [1.82, 2.24) is 0 Å². The van der Waals surface area contributed by atoms with Gasteiger partial charge in [-0.3, -0.25) is 0 Å². The second kappa shape index (κ2) is 7.32. The summed E-state index contributed by atoms with van der Waals surface area (Å²) in [4.78, 5) is 3.93. The number of fused-ring (bicyclic) bond motifs is 4. The Kier molecular flexibility index (Phi) is 4.29. The molecule has 0 saturated heterocycles. The van der Waals surface area contributed by atoms with Crippen LogP contribution in [0.15, 0.2) is 103 Å². The van der Waals surface area contributed by atoms with Crippen molar-refractivity contribution in [2.75, 3.05) is 0 Å². The van der Waals surface area contributed by atoms with Gasteiger partial charge >= 0.3 is 5.71 Å². The lowest BCUT2D eigenvalue weighted by molar-refractivity contribution is -0.00233. The Hall–Kier alpha value is -3.97. The van der Waals surface area contributed by atoms with E-state index >= 15 is 0 Å². The highest BCUT2D eigenvalue weighted by atomic mass is 35.5.